The summed E-state index contributed by atoms with van der Waals surface area (Å²) in [4.78, 5) is 15.4. The lowest BCUT2D eigenvalue weighted by atomic mass is 9.87. The molecule has 140 valence electrons. The van der Waals surface area contributed by atoms with Crippen molar-refractivity contribution in [1.29, 1.82) is 0 Å². The number of carbonyl (C=O) groups is 1. The molecule has 2 heterocycles. The third-order valence-electron chi connectivity index (χ3n) is 5.50. The van der Waals surface area contributed by atoms with Crippen molar-refractivity contribution in [2.75, 3.05) is 32.8 Å². The molecule has 0 aromatic heterocycles. The molecule has 2 saturated heterocycles. The second-order valence-electron chi connectivity index (χ2n) is 7.18. The fourth-order valence-corrected chi connectivity index (χ4v) is 4.29. The molecule has 0 bridgehead atoms. The van der Waals surface area contributed by atoms with Crippen LogP contribution >= 0.6 is 12.4 Å². The maximum Gasteiger partial charge on any atom is 0.326 e. The molecule has 0 radical (unpaired) electrons. The lowest BCUT2D eigenvalue weighted by Gasteiger charge is -2.39. The highest BCUT2D eigenvalue weighted by molar-refractivity contribution is 5.85. The molecule has 2 aliphatic rings. The van der Waals surface area contributed by atoms with Crippen LogP contribution in [0.25, 0.3) is 0 Å². The monoisotopic (exact) mass is 366 g/mol. The number of ether oxygens (including phenoxy) is 1. The summed E-state index contributed by atoms with van der Waals surface area (Å²) < 4.78 is 5.52. The number of benzene rings is 1. The quantitative estimate of drug-likeness (QED) is 0.786. The number of hydrogen-bond donors (Lipinski definition) is 1. The molecule has 0 aliphatic carbocycles. The highest BCUT2D eigenvalue weighted by Gasteiger charge is 2.49. The standard InChI is InChI=1S/C20H30N2O2.ClH/c1-2-24-19(23)20(14-17-8-4-3-5-9-17)11-7-13-22(20)16-18-10-6-12-21-15-18;/h3-5,8-9,18,21H,2,6-7,10-16H2,1H3;1H. The zero-order valence-corrected chi connectivity index (χ0v) is 16.0. The van der Waals surface area contributed by atoms with Gasteiger partial charge in [-0.3, -0.25) is 9.69 Å². The number of piperidine rings is 1. The Kier molecular flexibility index (Phi) is 7.73. The summed E-state index contributed by atoms with van der Waals surface area (Å²) in [5.74, 6) is 0.608. The number of likely N-dealkylation sites (tertiary alicyclic amines) is 1. The Morgan fingerprint density at radius 1 is 1.32 bits per heavy atom. The van der Waals surface area contributed by atoms with Crippen molar-refractivity contribution < 1.29 is 9.53 Å². The second-order valence-corrected chi connectivity index (χ2v) is 7.18. The summed E-state index contributed by atoms with van der Waals surface area (Å²) in [6.45, 7) is 6.55. The number of nitrogens with one attached hydrogen (secondary N) is 1. The minimum atomic E-state index is -0.477. The van der Waals surface area contributed by atoms with Crippen molar-refractivity contribution in [2.24, 2.45) is 5.92 Å². The van der Waals surface area contributed by atoms with Crippen LogP contribution in [0.5, 0.6) is 0 Å². The molecule has 2 aliphatic heterocycles. The Balaban J connectivity index is 0.00000225. The number of carbonyl (C=O) groups excluding carboxylic acids is 1. The van der Waals surface area contributed by atoms with Gasteiger partial charge in [-0.2, -0.15) is 0 Å². The molecule has 0 amide bonds. The van der Waals surface area contributed by atoms with Gasteiger partial charge in [0, 0.05) is 13.0 Å². The number of esters is 1. The SMILES string of the molecule is CCOC(=O)C1(Cc2ccccc2)CCCN1CC1CCCNC1.Cl. The van der Waals surface area contributed by atoms with Gasteiger partial charge in [0.25, 0.3) is 0 Å². The van der Waals surface area contributed by atoms with E-state index in [4.69, 9.17) is 4.74 Å². The van der Waals surface area contributed by atoms with Gasteiger partial charge in [-0.1, -0.05) is 30.3 Å². The minimum Gasteiger partial charge on any atom is -0.465 e. The van der Waals surface area contributed by atoms with Crippen molar-refractivity contribution in [3.8, 4) is 0 Å². The summed E-state index contributed by atoms with van der Waals surface area (Å²) in [6, 6.07) is 10.4. The van der Waals surface area contributed by atoms with Crippen LogP contribution < -0.4 is 5.32 Å². The predicted octanol–water partition coefficient (Wildman–Crippen LogP) is 3.05. The summed E-state index contributed by atoms with van der Waals surface area (Å²) in [7, 11) is 0. The van der Waals surface area contributed by atoms with Crippen LogP contribution in [0.1, 0.15) is 38.2 Å². The molecule has 1 aromatic rings. The summed E-state index contributed by atoms with van der Waals surface area (Å²) in [6.07, 6.45) is 5.23. The molecule has 2 atom stereocenters. The smallest absolute Gasteiger partial charge is 0.326 e. The van der Waals surface area contributed by atoms with Gasteiger partial charge in [0.05, 0.1) is 6.61 Å². The number of halogens is 1. The summed E-state index contributed by atoms with van der Waals surface area (Å²) >= 11 is 0. The predicted molar refractivity (Wildman–Crippen MR) is 103 cm³/mol. The van der Waals surface area contributed by atoms with E-state index >= 15 is 0 Å². The van der Waals surface area contributed by atoms with Gasteiger partial charge in [0.15, 0.2) is 0 Å². The van der Waals surface area contributed by atoms with E-state index in [0.717, 1.165) is 45.4 Å². The van der Waals surface area contributed by atoms with Crippen molar-refractivity contribution in [3.05, 3.63) is 35.9 Å². The molecular weight excluding hydrogens is 336 g/mol. The van der Waals surface area contributed by atoms with E-state index in [0.29, 0.717) is 12.5 Å². The highest BCUT2D eigenvalue weighted by Crippen LogP contribution is 2.35. The van der Waals surface area contributed by atoms with Crippen molar-refractivity contribution in [1.82, 2.24) is 10.2 Å². The van der Waals surface area contributed by atoms with Crippen LogP contribution in [0, 0.1) is 5.92 Å². The molecule has 1 aromatic carbocycles. The van der Waals surface area contributed by atoms with Gasteiger partial charge in [-0.25, -0.2) is 0 Å². The molecule has 0 saturated carbocycles. The molecular formula is C20H31ClN2O2. The van der Waals surface area contributed by atoms with Crippen molar-refractivity contribution in [3.63, 3.8) is 0 Å². The van der Waals surface area contributed by atoms with E-state index in [1.54, 1.807) is 0 Å². The normalized spacial score (nSPS) is 26.8. The second kappa shape index (κ2) is 9.56. The van der Waals surface area contributed by atoms with Crippen LogP contribution in [-0.2, 0) is 16.0 Å². The molecule has 5 heteroatoms. The van der Waals surface area contributed by atoms with Gasteiger partial charge in [-0.15, -0.1) is 12.4 Å². The fraction of sp³-hybridized carbons (Fsp3) is 0.650. The molecule has 2 fully saturated rings. The fourth-order valence-electron chi connectivity index (χ4n) is 4.29. The van der Waals surface area contributed by atoms with Gasteiger partial charge < -0.3 is 10.1 Å². The van der Waals surface area contributed by atoms with Crippen LogP contribution in [0.3, 0.4) is 0 Å². The zero-order chi connectivity index (χ0) is 16.8. The number of hydrogen-bond acceptors (Lipinski definition) is 4. The van der Waals surface area contributed by atoms with Crippen molar-refractivity contribution in [2.45, 2.75) is 44.6 Å². The Labute approximate surface area is 157 Å². The van der Waals surface area contributed by atoms with E-state index < -0.39 is 5.54 Å². The Morgan fingerprint density at radius 3 is 2.80 bits per heavy atom. The zero-order valence-electron chi connectivity index (χ0n) is 15.2. The molecule has 3 rings (SSSR count). The van der Waals surface area contributed by atoms with Gasteiger partial charge in [0.2, 0.25) is 0 Å². The minimum absolute atomic E-state index is 0. The van der Waals surface area contributed by atoms with Gasteiger partial charge in [0.1, 0.15) is 5.54 Å². The average Bonchev–Trinajstić information content (AvgIpc) is 3.00. The first-order valence-electron chi connectivity index (χ1n) is 9.41. The first-order valence-corrected chi connectivity index (χ1v) is 9.41. The highest BCUT2D eigenvalue weighted by atomic mass is 35.5. The van der Waals surface area contributed by atoms with E-state index in [2.05, 4.69) is 34.5 Å². The molecule has 4 nitrogen and oxygen atoms in total. The molecule has 1 N–H and O–H groups in total. The van der Waals surface area contributed by atoms with Gasteiger partial charge in [-0.05, 0) is 63.7 Å². The Bertz CT molecular complexity index is 534. The first-order chi connectivity index (χ1) is 11.7. The summed E-state index contributed by atoms with van der Waals surface area (Å²) in [5, 5.41) is 3.50. The van der Waals surface area contributed by atoms with Crippen LogP contribution in [-0.4, -0.2) is 49.2 Å². The van der Waals surface area contributed by atoms with E-state index in [9.17, 15) is 4.79 Å². The number of rotatable bonds is 6. The molecule has 25 heavy (non-hydrogen) atoms. The lowest BCUT2D eigenvalue weighted by molar-refractivity contribution is -0.156. The van der Waals surface area contributed by atoms with E-state index in [1.807, 2.05) is 13.0 Å². The van der Waals surface area contributed by atoms with Crippen LogP contribution in [0.2, 0.25) is 0 Å². The lowest BCUT2D eigenvalue weighted by Crippen LogP contribution is -2.55. The van der Waals surface area contributed by atoms with E-state index in [1.165, 1.54) is 18.4 Å². The molecule has 2 unspecified atom stereocenters. The van der Waals surface area contributed by atoms with Gasteiger partial charge >= 0.3 is 5.97 Å². The third-order valence-corrected chi connectivity index (χ3v) is 5.50. The third kappa shape index (κ3) is 4.75. The van der Waals surface area contributed by atoms with Crippen molar-refractivity contribution >= 4 is 18.4 Å². The first kappa shape index (κ1) is 20.2. The largest absolute Gasteiger partial charge is 0.465 e. The average molecular weight is 367 g/mol. The maximum atomic E-state index is 12.9. The summed E-state index contributed by atoms with van der Waals surface area (Å²) in [5.41, 5.74) is 0.744. The topological polar surface area (TPSA) is 41.6 Å². The molecule has 0 spiro atoms. The maximum absolute atomic E-state index is 12.9. The Morgan fingerprint density at radius 2 is 2.12 bits per heavy atom. The Hall–Kier alpha value is -1.10. The van der Waals surface area contributed by atoms with E-state index in [-0.39, 0.29) is 18.4 Å². The van der Waals surface area contributed by atoms with Crippen LogP contribution in [0.4, 0.5) is 0 Å². The van der Waals surface area contributed by atoms with Crippen LogP contribution in [0.15, 0.2) is 30.3 Å². The number of nitrogens with zero attached hydrogens (tertiary/aromatic N) is 1.